The van der Waals surface area contributed by atoms with Crippen LogP contribution in [0.4, 0.5) is 5.69 Å². The molecule has 9 heteroatoms. The van der Waals surface area contributed by atoms with Crippen molar-refractivity contribution in [2.24, 2.45) is 0 Å². The van der Waals surface area contributed by atoms with Crippen molar-refractivity contribution in [1.29, 1.82) is 0 Å². The number of hydrogen-bond donors (Lipinski definition) is 1. The van der Waals surface area contributed by atoms with E-state index >= 15 is 0 Å². The van der Waals surface area contributed by atoms with Crippen LogP contribution >= 0.6 is 11.6 Å². The van der Waals surface area contributed by atoms with Gasteiger partial charge < -0.3 is 24.1 Å². The lowest BCUT2D eigenvalue weighted by Crippen LogP contribution is -2.50. The molecular weight excluding hydrogens is 468 g/mol. The fourth-order valence-corrected chi connectivity index (χ4v) is 4.24. The number of amides is 2. The van der Waals surface area contributed by atoms with Crippen LogP contribution in [-0.2, 0) is 6.54 Å². The van der Waals surface area contributed by atoms with Gasteiger partial charge in [-0.1, -0.05) is 23.7 Å². The Morgan fingerprint density at radius 3 is 2.51 bits per heavy atom. The normalized spacial score (nSPS) is 13.5. The molecular formula is C26H27ClN4O4. The van der Waals surface area contributed by atoms with Gasteiger partial charge in [0.15, 0.2) is 0 Å². The van der Waals surface area contributed by atoms with Crippen molar-refractivity contribution >= 4 is 29.1 Å². The third-order valence-corrected chi connectivity index (χ3v) is 6.07. The molecule has 1 fully saturated rings. The third-order valence-electron chi connectivity index (χ3n) is 5.84. The summed E-state index contributed by atoms with van der Waals surface area (Å²) in [7, 11) is 0. The first kappa shape index (κ1) is 24.3. The number of hydrogen-bond acceptors (Lipinski definition) is 5. The van der Waals surface area contributed by atoms with Crippen LogP contribution in [0, 0.1) is 6.92 Å². The molecule has 0 unspecified atom stereocenters. The van der Waals surface area contributed by atoms with Crippen molar-refractivity contribution in [3.05, 3.63) is 99.3 Å². The van der Waals surface area contributed by atoms with Crippen molar-refractivity contribution < 1.29 is 14.0 Å². The summed E-state index contributed by atoms with van der Waals surface area (Å²) in [5.74, 6) is 0.444. The number of anilines is 1. The summed E-state index contributed by atoms with van der Waals surface area (Å²) in [5, 5.41) is 3.28. The molecule has 0 spiro atoms. The van der Waals surface area contributed by atoms with E-state index in [2.05, 4.69) is 16.8 Å². The van der Waals surface area contributed by atoms with Gasteiger partial charge in [-0.2, -0.15) is 0 Å². The highest BCUT2D eigenvalue weighted by atomic mass is 35.5. The largest absolute Gasteiger partial charge is 0.464 e. The number of nitrogens with one attached hydrogen (secondary N) is 1. The van der Waals surface area contributed by atoms with Gasteiger partial charge in [0.25, 0.3) is 11.8 Å². The first-order valence-corrected chi connectivity index (χ1v) is 11.7. The summed E-state index contributed by atoms with van der Waals surface area (Å²) < 4.78 is 7.28. The number of carbonyl (C=O) groups is 2. The second kappa shape index (κ2) is 10.7. The number of aryl methyl sites for hydroxylation is 1. The van der Waals surface area contributed by atoms with Crippen molar-refractivity contribution in [3.8, 4) is 0 Å². The minimum atomic E-state index is -0.597. The van der Waals surface area contributed by atoms with Crippen LogP contribution in [0.3, 0.4) is 0 Å². The average molecular weight is 495 g/mol. The predicted octanol–water partition coefficient (Wildman–Crippen LogP) is 3.33. The number of halogens is 1. The number of pyridine rings is 1. The molecule has 1 aromatic carbocycles. The fourth-order valence-electron chi connectivity index (χ4n) is 4.06. The number of carbonyl (C=O) groups excluding carboxylic acids is 2. The van der Waals surface area contributed by atoms with Gasteiger partial charge in [0.05, 0.1) is 6.54 Å². The van der Waals surface area contributed by atoms with Gasteiger partial charge in [-0.15, -0.1) is 6.58 Å². The quantitative estimate of drug-likeness (QED) is 0.509. The highest BCUT2D eigenvalue weighted by molar-refractivity contribution is 6.30. The topological polar surface area (TPSA) is 87.8 Å². The van der Waals surface area contributed by atoms with E-state index in [0.717, 1.165) is 11.4 Å². The van der Waals surface area contributed by atoms with Crippen LogP contribution in [0.25, 0.3) is 0 Å². The Kier molecular flexibility index (Phi) is 7.41. The Morgan fingerprint density at radius 2 is 1.86 bits per heavy atom. The summed E-state index contributed by atoms with van der Waals surface area (Å²) in [6.07, 6.45) is 4.47. The first-order valence-electron chi connectivity index (χ1n) is 11.3. The smallest absolute Gasteiger partial charge is 0.259 e. The molecule has 0 saturated carbocycles. The van der Waals surface area contributed by atoms with E-state index in [9.17, 15) is 14.4 Å². The number of aromatic nitrogens is 1. The van der Waals surface area contributed by atoms with Crippen LogP contribution in [0.15, 0.2) is 70.7 Å². The minimum absolute atomic E-state index is 0.0456. The Balaban J connectivity index is 1.58. The first-order chi connectivity index (χ1) is 16.9. The highest BCUT2D eigenvalue weighted by Crippen LogP contribution is 2.21. The maximum Gasteiger partial charge on any atom is 0.259 e. The Labute approximate surface area is 208 Å². The highest BCUT2D eigenvalue weighted by Gasteiger charge is 2.26. The average Bonchev–Trinajstić information content (AvgIpc) is 3.27. The SMILES string of the molecule is C=CCNC(=O)c1cn(Cc2ccc(C)o2)cc(C(=O)N2CCN(c3cccc(Cl)c3)CC2)c1=O. The van der Waals surface area contributed by atoms with E-state index in [4.69, 9.17) is 16.0 Å². The van der Waals surface area contributed by atoms with Gasteiger partial charge in [0.1, 0.15) is 22.6 Å². The van der Waals surface area contributed by atoms with E-state index in [1.165, 1.54) is 18.5 Å². The molecule has 8 nitrogen and oxygen atoms in total. The standard InChI is InChI=1S/C26H27ClN4O4/c1-3-9-28-25(33)22-16-29(15-21-8-7-18(2)35-21)17-23(24(22)32)26(34)31-12-10-30(11-13-31)20-6-4-5-19(27)14-20/h3-8,14,16-17H,1,9-13,15H2,2H3,(H,28,33). The number of benzene rings is 1. The molecule has 2 amide bonds. The molecule has 182 valence electrons. The molecule has 35 heavy (non-hydrogen) atoms. The van der Waals surface area contributed by atoms with E-state index in [-0.39, 0.29) is 24.2 Å². The molecule has 1 aliphatic rings. The molecule has 3 heterocycles. The predicted molar refractivity (Wildman–Crippen MR) is 135 cm³/mol. The lowest BCUT2D eigenvalue weighted by atomic mass is 10.1. The summed E-state index contributed by atoms with van der Waals surface area (Å²) in [6, 6.07) is 11.2. The molecule has 0 atom stereocenters. The zero-order valence-corrected chi connectivity index (χ0v) is 20.3. The number of piperazine rings is 1. The van der Waals surface area contributed by atoms with Crippen LogP contribution < -0.4 is 15.6 Å². The Hall–Kier alpha value is -3.78. The summed E-state index contributed by atoms with van der Waals surface area (Å²) in [5.41, 5.74) is 0.247. The van der Waals surface area contributed by atoms with Gasteiger partial charge in [-0.3, -0.25) is 14.4 Å². The van der Waals surface area contributed by atoms with Gasteiger partial charge in [-0.05, 0) is 37.3 Å². The summed E-state index contributed by atoms with van der Waals surface area (Å²) >= 11 is 6.11. The number of nitrogens with zero attached hydrogens (tertiary/aromatic N) is 3. The van der Waals surface area contributed by atoms with Crippen molar-refractivity contribution in [1.82, 2.24) is 14.8 Å². The van der Waals surface area contributed by atoms with Crippen molar-refractivity contribution in [2.75, 3.05) is 37.6 Å². The summed E-state index contributed by atoms with van der Waals surface area (Å²) in [4.78, 5) is 43.1. The molecule has 4 rings (SSSR count). The van der Waals surface area contributed by atoms with Crippen molar-refractivity contribution in [2.45, 2.75) is 13.5 Å². The zero-order chi connectivity index (χ0) is 24.9. The lowest BCUT2D eigenvalue weighted by molar-refractivity contribution is 0.0744. The second-order valence-corrected chi connectivity index (χ2v) is 8.79. The van der Waals surface area contributed by atoms with Crippen LogP contribution in [0.2, 0.25) is 5.02 Å². The molecule has 2 aromatic heterocycles. The minimum Gasteiger partial charge on any atom is -0.464 e. The summed E-state index contributed by atoms with van der Waals surface area (Å²) in [6.45, 7) is 7.98. The monoisotopic (exact) mass is 494 g/mol. The molecule has 3 aromatic rings. The molecule has 0 aliphatic carbocycles. The van der Waals surface area contributed by atoms with Gasteiger partial charge in [-0.25, -0.2) is 0 Å². The van der Waals surface area contributed by atoms with Crippen molar-refractivity contribution in [3.63, 3.8) is 0 Å². The fraction of sp³-hybridized carbons (Fsp3) is 0.269. The van der Waals surface area contributed by atoms with Crippen LogP contribution in [-0.4, -0.2) is 54.0 Å². The van der Waals surface area contributed by atoms with Crippen LogP contribution in [0.5, 0.6) is 0 Å². The van der Waals surface area contributed by atoms with Gasteiger partial charge in [0.2, 0.25) is 5.43 Å². The number of furan rings is 1. The second-order valence-electron chi connectivity index (χ2n) is 8.36. The van der Waals surface area contributed by atoms with E-state index < -0.39 is 17.2 Å². The molecule has 0 radical (unpaired) electrons. The maximum absolute atomic E-state index is 13.4. The Bertz CT molecular complexity index is 1300. The van der Waals surface area contributed by atoms with Gasteiger partial charge >= 0.3 is 0 Å². The lowest BCUT2D eigenvalue weighted by Gasteiger charge is -2.36. The molecule has 1 aliphatic heterocycles. The van der Waals surface area contributed by atoms with Gasteiger partial charge in [0, 0.05) is 55.8 Å². The molecule has 0 bridgehead atoms. The molecule has 1 saturated heterocycles. The zero-order valence-electron chi connectivity index (χ0n) is 19.5. The van der Waals surface area contributed by atoms with Crippen LogP contribution in [0.1, 0.15) is 32.2 Å². The number of rotatable bonds is 7. The van der Waals surface area contributed by atoms with E-state index in [1.54, 1.807) is 9.47 Å². The van der Waals surface area contributed by atoms with E-state index in [1.807, 2.05) is 43.3 Å². The third kappa shape index (κ3) is 5.66. The Morgan fingerprint density at radius 1 is 1.11 bits per heavy atom. The van der Waals surface area contributed by atoms with E-state index in [0.29, 0.717) is 37.0 Å². The molecule has 1 N–H and O–H groups in total. The maximum atomic E-state index is 13.4.